The van der Waals surface area contributed by atoms with Crippen LogP contribution in [0.4, 0.5) is 0 Å². The summed E-state index contributed by atoms with van der Waals surface area (Å²) in [5.74, 6) is 1.67. The summed E-state index contributed by atoms with van der Waals surface area (Å²) in [6, 6.07) is -0.357. The van der Waals surface area contributed by atoms with E-state index in [0.29, 0.717) is 24.2 Å². The first-order valence-electron chi connectivity index (χ1n) is 5.93. The molecule has 0 saturated heterocycles. The highest BCUT2D eigenvalue weighted by atomic mass is 16.2. The van der Waals surface area contributed by atoms with E-state index < -0.39 is 0 Å². The number of rotatable bonds is 6. The summed E-state index contributed by atoms with van der Waals surface area (Å²) in [6.07, 6.45) is 0.694. The Bertz CT molecular complexity index is 182. The molecule has 90 valence electrons. The lowest BCUT2D eigenvalue weighted by molar-refractivity contribution is -0.122. The summed E-state index contributed by atoms with van der Waals surface area (Å²) in [6.45, 7) is 11.4. The molecule has 15 heavy (non-hydrogen) atoms. The van der Waals surface area contributed by atoms with Gasteiger partial charge >= 0.3 is 0 Å². The molecule has 0 spiro atoms. The van der Waals surface area contributed by atoms with Crippen LogP contribution in [0.1, 0.15) is 41.0 Å². The summed E-state index contributed by atoms with van der Waals surface area (Å²) in [7, 11) is 0. The molecule has 3 N–H and O–H groups in total. The molecule has 3 nitrogen and oxygen atoms in total. The van der Waals surface area contributed by atoms with Crippen molar-refractivity contribution >= 4 is 5.91 Å². The third-order valence-corrected chi connectivity index (χ3v) is 3.00. The van der Waals surface area contributed by atoms with Crippen LogP contribution in [0.5, 0.6) is 0 Å². The first-order valence-corrected chi connectivity index (χ1v) is 5.93. The van der Waals surface area contributed by atoms with Crippen molar-refractivity contribution in [3.05, 3.63) is 0 Å². The van der Waals surface area contributed by atoms with Gasteiger partial charge in [-0.3, -0.25) is 4.79 Å². The van der Waals surface area contributed by atoms with Crippen molar-refractivity contribution in [3.63, 3.8) is 0 Å². The van der Waals surface area contributed by atoms with E-state index in [0.717, 1.165) is 6.54 Å². The van der Waals surface area contributed by atoms with Gasteiger partial charge in [0.2, 0.25) is 5.91 Å². The summed E-state index contributed by atoms with van der Waals surface area (Å²) < 4.78 is 0. The first kappa shape index (κ1) is 14.4. The lowest BCUT2D eigenvalue weighted by atomic mass is 9.85. The minimum absolute atomic E-state index is 0.0243. The molecule has 3 heteroatoms. The molecule has 0 aliphatic heterocycles. The zero-order valence-corrected chi connectivity index (χ0v) is 10.7. The zero-order valence-electron chi connectivity index (χ0n) is 10.7. The smallest absolute Gasteiger partial charge is 0.236 e. The normalized spacial score (nSPS) is 13.7. The van der Waals surface area contributed by atoms with E-state index in [1.807, 2.05) is 6.92 Å². The lowest BCUT2D eigenvalue weighted by Crippen LogP contribution is -2.43. The van der Waals surface area contributed by atoms with E-state index >= 15 is 0 Å². The van der Waals surface area contributed by atoms with Gasteiger partial charge in [-0.1, -0.05) is 34.6 Å². The molecule has 0 aliphatic carbocycles. The second-order valence-corrected chi connectivity index (χ2v) is 4.91. The molecule has 0 aliphatic rings. The van der Waals surface area contributed by atoms with Crippen LogP contribution in [-0.4, -0.2) is 18.5 Å². The van der Waals surface area contributed by atoms with Gasteiger partial charge in [0, 0.05) is 6.54 Å². The standard InChI is InChI=1S/C12H26N2O/c1-6-11(13)12(15)14-7-10(8(2)3)9(4)5/h8-11H,6-7,13H2,1-5H3,(H,14,15)/t11-/m0/s1. The van der Waals surface area contributed by atoms with Crippen molar-refractivity contribution in [2.45, 2.75) is 47.1 Å². The Balaban J connectivity index is 4.05. The maximum atomic E-state index is 11.5. The maximum absolute atomic E-state index is 11.5. The molecule has 0 saturated carbocycles. The van der Waals surface area contributed by atoms with Gasteiger partial charge in [-0.25, -0.2) is 0 Å². The Labute approximate surface area is 93.8 Å². The minimum atomic E-state index is -0.357. The highest BCUT2D eigenvalue weighted by molar-refractivity contribution is 5.81. The van der Waals surface area contributed by atoms with E-state index in [1.165, 1.54) is 0 Å². The van der Waals surface area contributed by atoms with Crippen molar-refractivity contribution in [3.8, 4) is 0 Å². The molecule has 0 fully saturated rings. The molecular formula is C12H26N2O. The van der Waals surface area contributed by atoms with Crippen molar-refractivity contribution in [2.24, 2.45) is 23.5 Å². The van der Waals surface area contributed by atoms with E-state index in [1.54, 1.807) is 0 Å². The highest BCUT2D eigenvalue weighted by Gasteiger charge is 2.19. The van der Waals surface area contributed by atoms with Crippen LogP contribution < -0.4 is 11.1 Å². The molecule has 1 amide bonds. The van der Waals surface area contributed by atoms with Crippen molar-refractivity contribution < 1.29 is 4.79 Å². The molecule has 0 unspecified atom stereocenters. The van der Waals surface area contributed by atoms with Crippen LogP contribution in [0.2, 0.25) is 0 Å². The van der Waals surface area contributed by atoms with Crippen molar-refractivity contribution in [2.75, 3.05) is 6.54 Å². The van der Waals surface area contributed by atoms with E-state index in [9.17, 15) is 4.79 Å². The van der Waals surface area contributed by atoms with Gasteiger partial charge in [-0.05, 0) is 24.2 Å². The Morgan fingerprint density at radius 2 is 1.67 bits per heavy atom. The lowest BCUT2D eigenvalue weighted by Gasteiger charge is -2.25. The Hall–Kier alpha value is -0.570. The number of carbonyl (C=O) groups excluding carboxylic acids is 1. The van der Waals surface area contributed by atoms with Gasteiger partial charge in [0.25, 0.3) is 0 Å². The maximum Gasteiger partial charge on any atom is 0.236 e. The largest absolute Gasteiger partial charge is 0.354 e. The number of nitrogens with one attached hydrogen (secondary N) is 1. The van der Waals surface area contributed by atoms with Gasteiger partial charge in [-0.2, -0.15) is 0 Å². The van der Waals surface area contributed by atoms with Crippen LogP contribution in [0, 0.1) is 17.8 Å². The Morgan fingerprint density at radius 3 is 2.00 bits per heavy atom. The summed E-state index contributed by atoms with van der Waals surface area (Å²) in [5, 5.41) is 2.93. The molecule has 0 rings (SSSR count). The fourth-order valence-electron chi connectivity index (χ4n) is 1.78. The summed E-state index contributed by atoms with van der Waals surface area (Å²) in [4.78, 5) is 11.5. The molecular weight excluding hydrogens is 188 g/mol. The van der Waals surface area contributed by atoms with Gasteiger partial charge in [0.1, 0.15) is 0 Å². The van der Waals surface area contributed by atoms with Crippen LogP contribution in [-0.2, 0) is 4.79 Å². The Kier molecular flexibility index (Phi) is 6.57. The fraction of sp³-hybridized carbons (Fsp3) is 0.917. The summed E-state index contributed by atoms with van der Waals surface area (Å²) in [5.41, 5.74) is 5.64. The van der Waals surface area contributed by atoms with Crippen LogP contribution in [0.15, 0.2) is 0 Å². The predicted octanol–water partition coefficient (Wildman–Crippen LogP) is 1.77. The SMILES string of the molecule is CC[C@H](N)C(=O)NCC(C(C)C)C(C)C. The topological polar surface area (TPSA) is 55.1 Å². The van der Waals surface area contributed by atoms with Gasteiger partial charge in [0.15, 0.2) is 0 Å². The number of hydrogen-bond acceptors (Lipinski definition) is 2. The quantitative estimate of drug-likeness (QED) is 0.708. The van der Waals surface area contributed by atoms with Gasteiger partial charge in [-0.15, -0.1) is 0 Å². The molecule has 1 atom stereocenters. The van der Waals surface area contributed by atoms with Crippen molar-refractivity contribution in [1.29, 1.82) is 0 Å². The summed E-state index contributed by atoms with van der Waals surface area (Å²) >= 11 is 0. The average Bonchev–Trinajstić information content (AvgIpc) is 2.15. The third kappa shape index (κ3) is 5.17. The zero-order chi connectivity index (χ0) is 12.0. The van der Waals surface area contributed by atoms with Crippen LogP contribution in [0.25, 0.3) is 0 Å². The van der Waals surface area contributed by atoms with Crippen LogP contribution in [0.3, 0.4) is 0 Å². The molecule has 0 radical (unpaired) electrons. The monoisotopic (exact) mass is 214 g/mol. The molecule has 0 heterocycles. The number of hydrogen-bond donors (Lipinski definition) is 2. The first-order chi connectivity index (χ1) is 6.90. The van der Waals surface area contributed by atoms with E-state index in [2.05, 4.69) is 33.0 Å². The minimum Gasteiger partial charge on any atom is -0.354 e. The van der Waals surface area contributed by atoms with E-state index in [-0.39, 0.29) is 11.9 Å². The Morgan fingerprint density at radius 1 is 1.20 bits per heavy atom. The molecule has 0 aromatic rings. The van der Waals surface area contributed by atoms with Crippen molar-refractivity contribution in [1.82, 2.24) is 5.32 Å². The van der Waals surface area contributed by atoms with Gasteiger partial charge < -0.3 is 11.1 Å². The molecule has 0 aromatic carbocycles. The molecule has 0 aromatic heterocycles. The highest BCUT2D eigenvalue weighted by Crippen LogP contribution is 2.19. The second kappa shape index (κ2) is 6.83. The second-order valence-electron chi connectivity index (χ2n) is 4.91. The molecule has 0 bridgehead atoms. The average molecular weight is 214 g/mol. The third-order valence-electron chi connectivity index (χ3n) is 3.00. The number of amides is 1. The predicted molar refractivity (Wildman–Crippen MR) is 64.4 cm³/mol. The number of nitrogens with two attached hydrogens (primary N) is 1. The fourth-order valence-corrected chi connectivity index (χ4v) is 1.78. The van der Waals surface area contributed by atoms with Crippen LogP contribution >= 0.6 is 0 Å². The van der Waals surface area contributed by atoms with E-state index in [4.69, 9.17) is 5.73 Å². The van der Waals surface area contributed by atoms with Gasteiger partial charge in [0.05, 0.1) is 6.04 Å². The number of carbonyl (C=O) groups is 1.